The Kier molecular flexibility index (Phi) is 8.15. The monoisotopic (exact) mass is 582 g/mol. The van der Waals surface area contributed by atoms with Crippen molar-refractivity contribution in [3.05, 3.63) is 71.8 Å². The van der Waals surface area contributed by atoms with Gasteiger partial charge in [-0.05, 0) is 66.3 Å². The van der Waals surface area contributed by atoms with E-state index >= 15 is 0 Å². The van der Waals surface area contributed by atoms with Crippen LogP contribution in [0.4, 0.5) is 34.0 Å². The molecular formula is C30H30F4N6O2. The summed E-state index contributed by atoms with van der Waals surface area (Å²) in [5.74, 6) is -0.0279. The number of methoxy groups -OCH3 is 1. The van der Waals surface area contributed by atoms with Crippen LogP contribution in [-0.2, 0) is 6.54 Å². The van der Waals surface area contributed by atoms with E-state index in [0.29, 0.717) is 40.2 Å². The average Bonchev–Trinajstić information content (AvgIpc) is 3.41. The predicted octanol–water partition coefficient (Wildman–Crippen LogP) is 6.59. The van der Waals surface area contributed by atoms with Gasteiger partial charge < -0.3 is 19.9 Å². The normalized spacial score (nSPS) is 15.2. The summed E-state index contributed by atoms with van der Waals surface area (Å²) < 4.78 is 58.3. The molecule has 1 N–H and O–H groups in total. The van der Waals surface area contributed by atoms with Crippen LogP contribution in [0.1, 0.15) is 24.0 Å². The molecule has 0 spiro atoms. The molecule has 1 saturated heterocycles. The van der Waals surface area contributed by atoms with Crippen molar-refractivity contribution in [2.75, 3.05) is 37.5 Å². The molecule has 0 radical (unpaired) electrons. The number of fused-ring (bicyclic) bond motifs is 1. The Morgan fingerprint density at radius 2 is 1.90 bits per heavy atom. The summed E-state index contributed by atoms with van der Waals surface area (Å²) >= 11 is 0. The van der Waals surface area contributed by atoms with Gasteiger partial charge in [-0.2, -0.15) is 18.2 Å². The fraction of sp³-hybridized carbons (Fsp3) is 0.333. The van der Waals surface area contributed by atoms with Gasteiger partial charge in [0.15, 0.2) is 5.65 Å². The lowest BCUT2D eigenvalue weighted by atomic mass is 10.0. The maximum Gasteiger partial charge on any atom is 0.389 e. The molecule has 1 aliphatic heterocycles. The van der Waals surface area contributed by atoms with Crippen molar-refractivity contribution in [2.24, 2.45) is 5.92 Å². The fourth-order valence-corrected chi connectivity index (χ4v) is 5.11. The van der Waals surface area contributed by atoms with Gasteiger partial charge in [-0.15, -0.1) is 0 Å². The lowest BCUT2D eigenvalue weighted by Gasteiger charge is -2.19. The second kappa shape index (κ2) is 11.8. The van der Waals surface area contributed by atoms with Crippen LogP contribution in [0.3, 0.4) is 0 Å². The van der Waals surface area contributed by atoms with Gasteiger partial charge >= 0.3 is 12.2 Å². The van der Waals surface area contributed by atoms with Gasteiger partial charge in [0.25, 0.3) is 0 Å². The zero-order chi connectivity index (χ0) is 30.0. The summed E-state index contributed by atoms with van der Waals surface area (Å²) in [4.78, 5) is 29.5. The number of carbonyl (C=O) groups is 1. The van der Waals surface area contributed by atoms with E-state index in [0.717, 1.165) is 11.3 Å². The number of halogens is 4. The van der Waals surface area contributed by atoms with E-state index in [9.17, 15) is 22.4 Å². The molecular weight excluding hydrogens is 552 g/mol. The number of urea groups is 1. The van der Waals surface area contributed by atoms with Gasteiger partial charge in [-0.3, -0.25) is 0 Å². The average molecular weight is 583 g/mol. The Balaban J connectivity index is 1.31. The predicted molar refractivity (Wildman–Crippen MR) is 152 cm³/mol. The van der Waals surface area contributed by atoms with Crippen molar-refractivity contribution in [2.45, 2.75) is 32.5 Å². The van der Waals surface area contributed by atoms with Gasteiger partial charge in [0.05, 0.1) is 12.8 Å². The number of nitrogens with one attached hydrogen (secondary N) is 1. The van der Waals surface area contributed by atoms with Gasteiger partial charge in [-0.25, -0.2) is 19.2 Å². The summed E-state index contributed by atoms with van der Waals surface area (Å²) in [6, 6.07) is 11.7. The van der Waals surface area contributed by atoms with Crippen molar-refractivity contribution in [1.29, 1.82) is 0 Å². The first kappa shape index (κ1) is 29.0. The molecule has 1 unspecified atom stereocenters. The number of pyridine rings is 1. The van der Waals surface area contributed by atoms with Crippen LogP contribution < -0.4 is 15.0 Å². The van der Waals surface area contributed by atoms with Crippen molar-refractivity contribution < 1.29 is 27.1 Å². The Bertz CT molecular complexity index is 1600. The van der Waals surface area contributed by atoms with Gasteiger partial charge in [0, 0.05) is 56.4 Å². The van der Waals surface area contributed by atoms with E-state index in [4.69, 9.17) is 4.74 Å². The highest BCUT2D eigenvalue weighted by molar-refractivity contribution is 5.91. The number of nitrogens with zero attached hydrogens (tertiary/aromatic N) is 5. The number of hydrogen-bond acceptors (Lipinski definition) is 6. The van der Waals surface area contributed by atoms with Crippen LogP contribution >= 0.6 is 0 Å². The fourth-order valence-electron chi connectivity index (χ4n) is 5.11. The second-order valence-electron chi connectivity index (χ2n) is 10.5. The Morgan fingerprint density at radius 3 is 2.62 bits per heavy atom. The van der Waals surface area contributed by atoms with Gasteiger partial charge in [0.2, 0.25) is 5.95 Å². The summed E-state index contributed by atoms with van der Waals surface area (Å²) in [6.45, 7) is 2.47. The SMILES string of the molecule is COc1ccc(CN(C)c2ncc3cc(-c4cc(NC(=O)N5CCC(CC(F)(F)F)C5)c(F)cc4C)cnc3n2)cc1. The molecule has 2 amide bonds. The highest BCUT2D eigenvalue weighted by atomic mass is 19.4. The van der Waals surface area contributed by atoms with Crippen molar-refractivity contribution in [3.63, 3.8) is 0 Å². The minimum Gasteiger partial charge on any atom is -0.497 e. The summed E-state index contributed by atoms with van der Waals surface area (Å²) in [5.41, 5.74) is 3.41. The Hall–Kier alpha value is -4.48. The smallest absolute Gasteiger partial charge is 0.389 e. The second-order valence-corrected chi connectivity index (χ2v) is 10.5. The molecule has 3 heterocycles. The number of rotatable bonds is 7. The zero-order valence-corrected chi connectivity index (χ0v) is 23.4. The lowest BCUT2D eigenvalue weighted by Crippen LogP contribution is -2.33. The van der Waals surface area contributed by atoms with E-state index in [1.165, 1.54) is 17.0 Å². The number of carbonyl (C=O) groups excluding carboxylic acids is 1. The molecule has 1 aliphatic rings. The maximum atomic E-state index is 14.8. The van der Waals surface area contributed by atoms with E-state index in [-0.39, 0.29) is 25.2 Å². The third kappa shape index (κ3) is 6.69. The first-order valence-electron chi connectivity index (χ1n) is 13.4. The molecule has 0 bridgehead atoms. The number of likely N-dealkylation sites (tertiary alicyclic amines) is 1. The first-order valence-corrected chi connectivity index (χ1v) is 13.4. The van der Waals surface area contributed by atoms with Gasteiger partial charge in [0.1, 0.15) is 11.6 Å². The Morgan fingerprint density at radius 1 is 1.14 bits per heavy atom. The van der Waals surface area contributed by atoms with Crippen molar-refractivity contribution >= 4 is 28.7 Å². The van der Waals surface area contributed by atoms with Crippen LogP contribution in [0.15, 0.2) is 54.9 Å². The molecule has 4 aromatic rings. The minimum absolute atomic E-state index is 0.0302. The number of benzene rings is 2. The molecule has 220 valence electrons. The van der Waals surface area contributed by atoms with Gasteiger partial charge in [-0.1, -0.05) is 12.1 Å². The number of aromatic nitrogens is 3. The van der Waals surface area contributed by atoms with Crippen LogP contribution in [-0.4, -0.2) is 59.3 Å². The molecule has 0 aliphatic carbocycles. The molecule has 5 rings (SSSR count). The minimum atomic E-state index is -4.29. The number of aryl methyl sites for hydroxylation is 1. The number of ether oxygens (including phenoxy) is 1. The number of hydrogen-bond donors (Lipinski definition) is 1. The van der Waals surface area contributed by atoms with E-state index in [2.05, 4.69) is 20.3 Å². The van der Waals surface area contributed by atoms with Crippen molar-refractivity contribution in [1.82, 2.24) is 19.9 Å². The van der Waals surface area contributed by atoms with Crippen LogP contribution in [0.2, 0.25) is 0 Å². The van der Waals surface area contributed by atoms with Crippen LogP contribution in [0, 0.1) is 18.7 Å². The molecule has 42 heavy (non-hydrogen) atoms. The number of anilines is 2. The molecule has 2 aromatic heterocycles. The van der Waals surface area contributed by atoms with Crippen LogP contribution in [0.5, 0.6) is 5.75 Å². The zero-order valence-electron chi connectivity index (χ0n) is 23.4. The molecule has 8 nitrogen and oxygen atoms in total. The standard InChI is InChI=1S/C30H30F4N6O2/c1-18-10-25(31)26(37-29(41)40-9-8-20(17-40)13-30(32,33)34)12-24(18)21-11-22-15-36-28(38-27(22)35-14-21)39(2)16-19-4-6-23(42-3)7-5-19/h4-7,10-12,14-15,20H,8-9,13,16-17H2,1-3H3,(H,37,41). The molecule has 0 saturated carbocycles. The number of alkyl halides is 3. The molecule has 2 aromatic carbocycles. The Labute approximate surface area is 240 Å². The molecule has 1 atom stereocenters. The third-order valence-electron chi connectivity index (χ3n) is 7.30. The maximum absolute atomic E-state index is 14.8. The third-order valence-corrected chi connectivity index (χ3v) is 7.30. The molecule has 1 fully saturated rings. The largest absolute Gasteiger partial charge is 0.497 e. The van der Waals surface area contributed by atoms with E-state index in [1.807, 2.05) is 42.3 Å². The van der Waals surface area contributed by atoms with E-state index < -0.39 is 30.4 Å². The summed E-state index contributed by atoms with van der Waals surface area (Å²) in [5, 5.41) is 3.21. The first-order chi connectivity index (χ1) is 20.0. The molecule has 12 heteroatoms. The van der Waals surface area contributed by atoms with Crippen molar-refractivity contribution in [3.8, 4) is 16.9 Å². The summed E-state index contributed by atoms with van der Waals surface area (Å²) in [6.07, 6.45) is -1.69. The summed E-state index contributed by atoms with van der Waals surface area (Å²) in [7, 11) is 3.50. The highest BCUT2D eigenvalue weighted by Gasteiger charge is 2.36. The lowest BCUT2D eigenvalue weighted by molar-refractivity contribution is -0.143. The number of amides is 2. The van der Waals surface area contributed by atoms with Crippen LogP contribution in [0.25, 0.3) is 22.2 Å². The quantitative estimate of drug-likeness (QED) is 0.248. The highest BCUT2D eigenvalue weighted by Crippen LogP contribution is 2.33. The van der Waals surface area contributed by atoms with E-state index in [1.54, 1.807) is 26.4 Å². The topological polar surface area (TPSA) is 83.5 Å².